The van der Waals surface area contributed by atoms with Crippen molar-refractivity contribution in [1.82, 2.24) is 20.1 Å². The van der Waals surface area contributed by atoms with Gasteiger partial charge in [-0.3, -0.25) is 9.10 Å². The first-order chi connectivity index (χ1) is 26.9. The third kappa shape index (κ3) is 9.85. The van der Waals surface area contributed by atoms with Crippen LogP contribution in [0.25, 0.3) is 22.2 Å². The standard InChI is InChI=1S/C41H46F4N6O5S/c1-6-57(53,54)50(5)32-17-11-10-16-27(32)24-46-38-36-33(51(35-18-12-13-19-55-35)49-37(36)39(52)48-40(2,3)4)22-31(47-38)29-21-30(42)34(20-28(29)23-41(43,44)45)56-25-26-14-8-7-9-15-26/h7-11,14-17,20-22,35H,6,12-13,18-19,23-25H2,1-5H3,(H,46,47)(H,48,52). The first-order valence-corrected chi connectivity index (χ1v) is 20.3. The lowest BCUT2D eigenvalue weighted by molar-refractivity contribution is -0.127. The maximum absolute atomic E-state index is 15.9. The second-order valence-corrected chi connectivity index (χ2v) is 17.2. The Morgan fingerprint density at radius 2 is 1.74 bits per heavy atom. The molecule has 0 bridgehead atoms. The van der Waals surface area contributed by atoms with E-state index in [1.54, 1.807) is 54.6 Å². The number of para-hydroxylation sites is 1. The van der Waals surface area contributed by atoms with Gasteiger partial charge in [0.1, 0.15) is 12.4 Å². The lowest BCUT2D eigenvalue weighted by Gasteiger charge is -2.24. The number of carbonyl (C=O) groups excluding carboxylic acids is 1. The predicted octanol–water partition coefficient (Wildman–Crippen LogP) is 8.55. The van der Waals surface area contributed by atoms with Gasteiger partial charge < -0.3 is 20.1 Å². The van der Waals surface area contributed by atoms with Crippen molar-refractivity contribution in [3.05, 3.63) is 101 Å². The quantitative estimate of drug-likeness (QED) is 0.113. The number of aromatic nitrogens is 3. The third-order valence-electron chi connectivity index (χ3n) is 9.44. The maximum atomic E-state index is 15.9. The number of carbonyl (C=O) groups is 1. The highest BCUT2D eigenvalue weighted by Crippen LogP contribution is 2.39. The number of nitrogens with zero attached hydrogens (tertiary/aromatic N) is 4. The van der Waals surface area contributed by atoms with Crippen molar-refractivity contribution in [2.24, 2.45) is 0 Å². The van der Waals surface area contributed by atoms with Gasteiger partial charge in [-0.15, -0.1) is 0 Å². The first-order valence-electron chi connectivity index (χ1n) is 18.7. The highest BCUT2D eigenvalue weighted by atomic mass is 32.2. The zero-order valence-corrected chi connectivity index (χ0v) is 33.2. The summed E-state index contributed by atoms with van der Waals surface area (Å²) in [6.07, 6.45) is -4.55. The molecule has 0 saturated carbocycles. The van der Waals surface area contributed by atoms with Crippen LogP contribution in [-0.4, -0.2) is 60.2 Å². The fourth-order valence-electron chi connectivity index (χ4n) is 6.65. The normalized spacial score (nSPS) is 15.1. The number of hydrogen-bond donors (Lipinski definition) is 2. The summed E-state index contributed by atoms with van der Waals surface area (Å²) in [4.78, 5) is 18.7. The van der Waals surface area contributed by atoms with Gasteiger partial charge in [-0.05, 0) is 87.9 Å². The molecule has 304 valence electrons. The molecule has 1 unspecified atom stereocenters. The van der Waals surface area contributed by atoms with E-state index in [0.29, 0.717) is 35.4 Å². The van der Waals surface area contributed by atoms with Crippen molar-refractivity contribution in [3.8, 4) is 17.0 Å². The summed E-state index contributed by atoms with van der Waals surface area (Å²) >= 11 is 0. The molecule has 1 aliphatic heterocycles. The second-order valence-electron chi connectivity index (χ2n) is 14.9. The number of anilines is 2. The minimum absolute atomic E-state index is 0.0130. The molecule has 16 heteroatoms. The maximum Gasteiger partial charge on any atom is 0.393 e. The van der Waals surface area contributed by atoms with Gasteiger partial charge in [0.25, 0.3) is 5.91 Å². The largest absolute Gasteiger partial charge is 0.486 e. The number of ether oxygens (including phenoxy) is 2. The monoisotopic (exact) mass is 810 g/mol. The average Bonchev–Trinajstić information content (AvgIpc) is 3.56. The lowest BCUT2D eigenvalue weighted by Crippen LogP contribution is -2.41. The smallest absolute Gasteiger partial charge is 0.393 e. The van der Waals surface area contributed by atoms with Crippen LogP contribution in [0.4, 0.5) is 29.1 Å². The van der Waals surface area contributed by atoms with E-state index in [-0.39, 0.29) is 58.4 Å². The van der Waals surface area contributed by atoms with Gasteiger partial charge in [-0.1, -0.05) is 48.5 Å². The number of alkyl halides is 3. The number of rotatable bonds is 13. The van der Waals surface area contributed by atoms with E-state index in [4.69, 9.17) is 19.6 Å². The molecule has 11 nitrogen and oxygen atoms in total. The predicted molar refractivity (Wildman–Crippen MR) is 211 cm³/mol. The van der Waals surface area contributed by atoms with Crippen LogP contribution in [0.3, 0.4) is 0 Å². The summed E-state index contributed by atoms with van der Waals surface area (Å²) in [6, 6.07) is 19.2. The van der Waals surface area contributed by atoms with Crippen molar-refractivity contribution in [1.29, 1.82) is 0 Å². The van der Waals surface area contributed by atoms with Crippen LogP contribution >= 0.6 is 0 Å². The Kier molecular flexibility index (Phi) is 12.1. The summed E-state index contributed by atoms with van der Waals surface area (Å²) in [7, 11) is -2.21. The summed E-state index contributed by atoms with van der Waals surface area (Å²) in [5, 5.41) is 11.2. The molecule has 3 heterocycles. The van der Waals surface area contributed by atoms with Crippen molar-refractivity contribution < 1.29 is 40.2 Å². The van der Waals surface area contributed by atoms with Gasteiger partial charge in [-0.2, -0.15) is 18.3 Å². The number of fused-ring (bicyclic) bond motifs is 1. The number of amides is 1. The number of halogens is 4. The second kappa shape index (κ2) is 16.7. The SMILES string of the molecule is CCS(=O)(=O)N(C)c1ccccc1CNc1nc(-c2cc(F)c(OCc3ccccc3)cc2CC(F)(F)F)cc2c1c(C(=O)NC(C)(C)C)nn2C1CCCCO1. The van der Waals surface area contributed by atoms with Gasteiger partial charge in [-0.25, -0.2) is 22.5 Å². The Morgan fingerprint density at radius 3 is 2.40 bits per heavy atom. The lowest BCUT2D eigenvalue weighted by atomic mass is 9.99. The molecule has 3 aromatic carbocycles. The minimum atomic E-state index is -4.68. The highest BCUT2D eigenvalue weighted by Gasteiger charge is 2.33. The van der Waals surface area contributed by atoms with Crippen LogP contribution in [0.5, 0.6) is 5.75 Å². The molecule has 5 aromatic rings. The number of nitrogens with one attached hydrogen (secondary N) is 2. The van der Waals surface area contributed by atoms with Crippen LogP contribution in [0.15, 0.2) is 72.8 Å². The zero-order chi connectivity index (χ0) is 41.1. The Morgan fingerprint density at radius 1 is 1.02 bits per heavy atom. The van der Waals surface area contributed by atoms with E-state index in [0.717, 1.165) is 25.0 Å². The number of sulfonamides is 1. The van der Waals surface area contributed by atoms with Crippen molar-refractivity contribution in [2.75, 3.05) is 29.0 Å². The Labute approximate surface area is 329 Å². The summed E-state index contributed by atoms with van der Waals surface area (Å²) in [5.74, 6) is -1.87. The number of pyridine rings is 1. The minimum Gasteiger partial charge on any atom is -0.486 e. The van der Waals surface area contributed by atoms with Gasteiger partial charge in [0.2, 0.25) is 10.0 Å². The molecule has 0 spiro atoms. The van der Waals surface area contributed by atoms with Gasteiger partial charge in [0.15, 0.2) is 23.5 Å². The van der Waals surface area contributed by atoms with Crippen LogP contribution in [-0.2, 0) is 34.3 Å². The van der Waals surface area contributed by atoms with E-state index in [9.17, 15) is 26.4 Å². The topological polar surface area (TPSA) is 128 Å². The molecule has 0 radical (unpaired) electrons. The Bertz CT molecular complexity index is 2340. The van der Waals surface area contributed by atoms with Crippen LogP contribution in [0.2, 0.25) is 0 Å². The molecule has 1 saturated heterocycles. The molecule has 1 atom stereocenters. The highest BCUT2D eigenvalue weighted by molar-refractivity contribution is 7.92. The van der Waals surface area contributed by atoms with E-state index in [1.807, 2.05) is 20.8 Å². The zero-order valence-electron chi connectivity index (χ0n) is 32.4. The molecule has 2 N–H and O–H groups in total. The number of benzene rings is 3. The molecule has 1 aliphatic rings. The molecular formula is C41H46F4N6O5S. The molecule has 1 fully saturated rings. The van der Waals surface area contributed by atoms with E-state index in [2.05, 4.69) is 10.6 Å². The van der Waals surface area contributed by atoms with Crippen molar-refractivity contribution >= 4 is 38.3 Å². The fourth-order valence-corrected chi connectivity index (χ4v) is 7.52. The molecule has 6 rings (SSSR count). The molecule has 1 amide bonds. The Hall–Kier alpha value is -5.22. The third-order valence-corrected chi connectivity index (χ3v) is 11.2. The van der Waals surface area contributed by atoms with Crippen molar-refractivity contribution in [2.45, 2.75) is 84.5 Å². The average molecular weight is 811 g/mol. The molecule has 57 heavy (non-hydrogen) atoms. The molecule has 0 aliphatic carbocycles. The van der Waals surface area contributed by atoms with Crippen LogP contribution in [0, 0.1) is 5.82 Å². The van der Waals surface area contributed by atoms with Crippen LogP contribution in [0.1, 0.15) is 80.4 Å². The summed E-state index contributed by atoms with van der Waals surface area (Å²) < 4.78 is 98.9. The first kappa shape index (κ1) is 41.4. The van der Waals surface area contributed by atoms with E-state index >= 15 is 4.39 Å². The Balaban J connectivity index is 1.55. The molecule has 2 aromatic heterocycles. The van der Waals surface area contributed by atoms with Gasteiger partial charge >= 0.3 is 6.18 Å². The van der Waals surface area contributed by atoms with Gasteiger partial charge in [0.05, 0.1) is 34.5 Å². The fraction of sp³-hybridized carbons (Fsp3) is 0.390. The summed E-state index contributed by atoms with van der Waals surface area (Å²) in [5.41, 5.74) is 0.805. The van der Waals surface area contributed by atoms with E-state index < -0.39 is 46.1 Å². The van der Waals surface area contributed by atoms with Crippen molar-refractivity contribution in [3.63, 3.8) is 0 Å². The number of hydrogen-bond acceptors (Lipinski definition) is 8. The van der Waals surface area contributed by atoms with Gasteiger partial charge in [0, 0.05) is 31.3 Å². The van der Waals surface area contributed by atoms with Crippen LogP contribution < -0.4 is 19.7 Å². The molecular weight excluding hydrogens is 765 g/mol. The summed E-state index contributed by atoms with van der Waals surface area (Å²) in [6.45, 7) is 7.30. The van der Waals surface area contributed by atoms with E-state index in [1.165, 1.54) is 29.0 Å².